The second-order valence-electron chi connectivity index (χ2n) is 3.96. The van der Waals surface area contributed by atoms with Gasteiger partial charge in [-0.1, -0.05) is 12.1 Å². The van der Waals surface area contributed by atoms with Crippen LogP contribution in [0.3, 0.4) is 0 Å². The van der Waals surface area contributed by atoms with Crippen LogP contribution in [0.5, 0.6) is 0 Å². The molecule has 1 aliphatic heterocycles. The molecule has 1 aliphatic rings. The van der Waals surface area contributed by atoms with E-state index in [9.17, 15) is 4.79 Å². The van der Waals surface area contributed by atoms with Gasteiger partial charge in [-0.3, -0.25) is 4.57 Å². The summed E-state index contributed by atoms with van der Waals surface area (Å²) in [5, 5.41) is 3.28. The molecule has 0 saturated carbocycles. The van der Waals surface area contributed by atoms with Gasteiger partial charge in [0.25, 0.3) is 0 Å². The Morgan fingerprint density at radius 2 is 2.12 bits per heavy atom. The molecule has 16 heavy (non-hydrogen) atoms. The Kier molecular flexibility index (Phi) is 3.03. The van der Waals surface area contributed by atoms with Crippen molar-refractivity contribution >= 4 is 23.4 Å². The highest BCUT2D eigenvalue weighted by Crippen LogP contribution is 2.18. The lowest BCUT2D eigenvalue weighted by Gasteiger charge is -2.09. The minimum atomic E-state index is 0. The molecular formula is C11H14ClN3O. The highest BCUT2D eigenvalue weighted by atomic mass is 35.5. The normalized spacial score (nSPS) is 19.9. The Labute approximate surface area is 99.1 Å². The fraction of sp³-hybridized carbons (Fsp3) is 0.364. The van der Waals surface area contributed by atoms with Crippen LogP contribution < -0.4 is 11.0 Å². The lowest BCUT2D eigenvalue weighted by molar-refractivity contribution is 0.546. The maximum atomic E-state index is 11.8. The third-order valence-corrected chi connectivity index (χ3v) is 3.02. The minimum absolute atomic E-state index is 0. The van der Waals surface area contributed by atoms with Gasteiger partial charge in [-0.15, -0.1) is 12.4 Å². The topological polar surface area (TPSA) is 49.8 Å². The number of rotatable bonds is 1. The Morgan fingerprint density at radius 1 is 1.31 bits per heavy atom. The number of fused-ring (bicyclic) bond motifs is 1. The average molecular weight is 240 g/mol. The zero-order valence-electron chi connectivity index (χ0n) is 8.77. The number of halogens is 1. The van der Waals surface area contributed by atoms with Crippen molar-refractivity contribution in [2.75, 3.05) is 13.1 Å². The summed E-state index contributed by atoms with van der Waals surface area (Å²) in [6.07, 6.45) is 1.03. The predicted octanol–water partition coefficient (Wildman–Crippen LogP) is 1.29. The van der Waals surface area contributed by atoms with Crippen LogP contribution in [0.1, 0.15) is 12.5 Å². The summed E-state index contributed by atoms with van der Waals surface area (Å²) in [5.41, 5.74) is 1.94. The first kappa shape index (κ1) is 11.2. The molecule has 0 bridgehead atoms. The van der Waals surface area contributed by atoms with Crippen molar-refractivity contribution in [2.24, 2.45) is 0 Å². The number of benzene rings is 1. The van der Waals surface area contributed by atoms with Gasteiger partial charge in [0.2, 0.25) is 0 Å². The van der Waals surface area contributed by atoms with E-state index in [4.69, 9.17) is 0 Å². The molecule has 2 aromatic rings. The number of H-pyrrole nitrogens is 1. The Hall–Kier alpha value is -1.26. The van der Waals surface area contributed by atoms with Crippen molar-refractivity contribution < 1.29 is 0 Å². The summed E-state index contributed by atoms with van der Waals surface area (Å²) in [6.45, 7) is 1.89. The summed E-state index contributed by atoms with van der Waals surface area (Å²) in [7, 11) is 0. The molecular weight excluding hydrogens is 226 g/mol. The van der Waals surface area contributed by atoms with E-state index in [1.807, 2.05) is 28.8 Å². The smallest absolute Gasteiger partial charge is 0.315 e. The van der Waals surface area contributed by atoms with Gasteiger partial charge in [-0.2, -0.15) is 0 Å². The monoisotopic (exact) mass is 239 g/mol. The minimum Gasteiger partial charge on any atom is -0.315 e. The van der Waals surface area contributed by atoms with Crippen molar-refractivity contribution in [3.8, 4) is 0 Å². The van der Waals surface area contributed by atoms with Gasteiger partial charge in [0.1, 0.15) is 0 Å². The fourth-order valence-electron chi connectivity index (χ4n) is 2.30. The molecule has 3 rings (SSSR count). The Balaban J connectivity index is 0.000000963. The number of hydrogen-bond donors (Lipinski definition) is 2. The second kappa shape index (κ2) is 4.31. The first-order valence-electron chi connectivity index (χ1n) is 5.26. The number of imidazole rings is 1. The van der Waals surface area contributed by atoms with E-state index < -0.39 is 0 Å². The van der Waals surface area contributed by atoms with E-state index >= 15 is 0 Å². The first-order valence-corrected chi connectivity index (χ1v) is 5.26. The van der Waals surface area contributed by atoms with Crippen LogP contribution >= 0.6 is 12.4 Å². The molecule has 0 radical (unpaired) electrons. The van der Waals surface area contributed by atoms with Crippen LogP contribution in [-0.2, 0) is 0 Å². The lowest BCUT2D eigenvalue weighted by atomic mass is 10.2. The standard InChI is InChI=1S/C11H13N3O.ClH/c15-11-13-9-3-1-2-4-10(9)14(11)8-5-6-12-7-8;/h1-4,8,12H,5-7H2,(H,13,15);1H. The van der Waals surface area contributed by atoms with Gasteiger partial charge in [-0.25, -0.2) is 4.79 Å². The Morgan fingerprint density at radius 3 is 2.88 bits per heavy atom. The van der Waals surface area contributed by atoms with Gasteiger partial charge in [-0.05, 0) is 25.1 Å². The number of nitrogens with zero attached hydrogens (tertiary/aromatic N) is 1. The molecule has 1 saturated heterocycles. The molecule has 86 valence electrons. The summed E-state index contributed by atoms with van der Waals surface area (Å²) in [6, 6.07) is 8.14. The molecule has 2 heterocycles. The molecule has 0 amide bonds. The molecule has 2 N–H and O–H groups in total. The quantitative estimate of drug-likeness (QED) is 0.788. The molecule has 5 heteroatoms. The molecule has 1 aromatic heterocycles. The highest BCUT2D eigenvalue weighted by molar-refractivity contribution is 5.85. The molecule has 4 nitrogen and oxygen atoms in total. The maximum Gasteiger partial charge on any atom is 0.326 e. The van der Waals surface area contributed by atoms with Crippen LogP contribution in [0, 0.1) is 0 Å². The highest BCUT2D eigenvalue weighted by Gasteiger charge is 2.20. The van der Waals surface area contributed by atoms with E-state index in [-0.39, 0.29) is 18.1 Å². The largest absolute Gasteiger partial charge is 0.326 e. The third-order valence-electron chi connectivity index (χ3n) is 3.02. The van der Waals surface area contributed by atoms with E-state index in [2.05, 4.69) is 10.3 Å². The zero-order valence-corrected chi connectivity index (χ0v) is 9.59. The Bertz CT molecular complexity index is 539. The van der Waals surface area contributed by atoms with Gasteiger partial charge in [0, 0.05) is 6.54 Å². The van der Waals surface area contributed by atoms with Crippen LogP contribution in [0.15, 0.2) is 29.1 Å². The molecule has 0 aliphatic carbocycles. The van der Waals surface area contributed by atoms with Crippen molar-refractivity contribution in [1.29, 1.82) is 0 Å². The summed E-state index contributed by atoms with van der Waals surface area (Å²) < 4.78 is 1.87. The number of hydrogen-bond acceptors (Lipinski definition) is 2. The van der Waals surface area contributed by atoms with E-state index in [1.54, 1.807) is 0 Å². The number of aromatic nitrogens is 2. The molecule has 0 spiro atoms. The van der Waals surface area contributed by atoms with Gasteiger partial charge >= 0.3 is 5.69 Å². The fourth-order valence-corrected chi connectivity index (χ4v) is 2.30. The average Bonchev–Trinajstić information content (AvgIpc) is 2.82. The van der Waals surface area contributed by atoms with Crippen LogP contribution in [0.4, 0.5) is 0 Å². The van der Waals surface area contributed by atoms with Gasteiger partial charge in [0.05, 0.1) is 17.1 Å². The first-order chi connectivity index (χ1) is 7.36. The summed E-state index contributed by atoms with van der Waals surface area (Å²) in [4.78, 5) is 14.7. The molecule has 1 fully saturated rings. The van der Waals surface area contributed by atoms with E-state index in [0.717, 1.165) is 30.5 Å². The molecule has 1 unspecified atom stereocenters. The second-order valence-corrected chi connectivity index (χ2v) is 3.96. The third kappa shape index (κ3) is 1.64. The van der Waals surface area contributed by atoms with E-state index in [0.29, 0.717) is 6.04 Å². The van der Waals surface area contributed by atoms with Crippen LogP contribution in [-0.4, -0.2) is 22.6 Å². The van der Waals surface area contributed by atoms with Gasteiger partial charge < -0.3 is 10.3 Å². The summed E-state index contributed by atoms with van der Waals surface area (Å²) >= 11 is 0. The maximum absolute atomic E-state index is 11.8. The predicted molar refractivity (Wildman–Crippen MR) is 66.3 cm³/mol. The van der Waals surface area contributed by atoms with Crippen LogP contribution in [0.25, 0.3) is 11.0 Å². The SMILES string of the molecule is Cl.O=c1[nH]c2ccccc2n1C1CCNC1. The van der Waals surface area contributed by atoms with Gasteiger partial charge in [0.15, 0.2) is 0 Å². The lowest BCUT2D eigenvalue weighted by Crippen LogP contribution is -2.23. The molecule has 1 atom stereocenters. The van der Waals surface area contributed by atoms with Crippen molar-refractivity contribution in [3.63, 3.8) is 0 Å². The zero-order chi connectivity index (χ0) is 10.3. The molecule has 1 aromatic carbocycles. The van der Waals surface area contributed by atoms with Crippen molar-refractivity contribution in [1.82, 2.24) is 14.9 Å². The van der Waals surface area contributed by atoms with Crippen molar-refractivity contribution in [3.05, 3.63) is 34.7 Å². The number of aromatic amines is 1. The number of para-hydroxylation sites is 2. The number of nitrogens with one attached hydrogen (secondary N) is 2. The van der Waals surface area contributed by atoms with Crippen molar-refractivity contribution in [2.45, 2.75) is 12.5 Å². The van der Waals surface area contributed by atoms with E-state index in [1.165, 1.54) is 0 Å². The van der Waals surface area contributed by atoms with Crippen LogP contribution in [0.2, 0.25) is 0 Å². The summed E-state index contributed by atoms with van der Waals surface area (Å²) in [5.74, 6) is 0.